The number of nitrogens with one attached hydrogen (secondary N) is 1. The lowest BCUT2D eigenvalue weighted by Crippen LogP contribution is -2.13. The van der Waals surface area contributed by atoms with Crippen molar-refractivity contribution in [3.8, 4) is 0 Å². The molecule has 0 bridgehead atoms. The molecule has 2 unspecified atom stereocenters. The molecule has 0 aliphatic heterocycles. The highest BCUT2D eigenvalue weighted by molar-refractivity contribution is 6.20. The van der Waals surface area contributed by atoms with Gasteiger partial charge in [0.2, 0.25) is 5.95 Å². The van der Waals surface area contributed by atoms with Crippen LogP contribution in [0.5, 0.6) is 0 Å². The zero-order chi connectivity index (χ0) is 9.80. The largest absolute Gasteiger partial charge is 0.354 e. The summed E-state index contributed by atoms with van der Waals surface area (Å²) in [6.07, 6.45) is 6.96. The van der Waals surface area contributed by atoms with E-state index in [1.165, 1.54) is 6.42 Å². The zero-order valence-corrected chi connectivity index (χ0v) is 8.74. The molecular weight excluding hydrogens is 198 g/mol. The lowest BCUT2D eigenvalue weighted by atomic mass is 10.1. The third kappa shape index (κ3) is 2.58. The first-order chi connectivity index (χ1) is 6.84. The van der Waals surface area contributed by atoms with Crippen LogP contribution in [-0.4, -0.2) is 21.9 Å². The van der Waals surface area contributed by atoms with Crippen LogP contribution in [0.25, 0.3) is 0 Å². The molecule has 1 N–H and O–H groups in total. The van der Waals surface area contributed by atoms with Gasteiger partial charge >= 0.3 is 0 Å². The molecule has 0 radical (unpaired) electrons. The van der Waals surface area contributed by atoms with Crippen LogP contribution in [0, 0.1) is 5.92 Å². The number of rotatable bonds is 3. The summed E-state index contributed by atoms with van der Waals surface area (Å²) in [5, 5.41) is 3.60. The topological polar surface area (TPSA) is 37.8 Å². The van der Waals surface area contributed by atoms with Gasteiger partial charge in [-0.05, 0) is 31.2 Å². The summed E-state index contributed by atoms with van der Waals surface area (Å²) in [7, 11) is 0. The van der Waals surface area contributed by atoms with E-state index in [9.17, 15) is 0 Å². The molecule has 3 nitrogen and oxygen atoms in total. The molecule has 0 saturated heterocycles. The molecule has 1 aromatic heterocycles. The van der Waals surface area contributed by atoms with Crippen molar-refractivity contribution in [1.82, 2.24) is 9.97 Å². The number of halogens is 1. The van der Waals surface area contributed by atoms with Gasteiger partial charge < -0.3 is 5.32 Å². The van der Waals surface area contributed by atoms with Crippen LogP contribution in [-0.2, 0) is 0 Å². The van der Waals surface area contributed by atoms with Gasteiger partial charge in [0.05, 0.1) is 0 Å². The Morgan fingerprint density at radius 3 is 2.79 bits per heavy atom. The van der Waals surface area contributed by atoms with E-state index in [1.54, 1.807) is 12.4 Å². The van der Waals surface area contributed by atoms with E-state index in [0.29, 0.717) is 17.2 Å². The number of hydrogen-bond donors (Lipinski definition) is 1. The molecule has 2 atom stereocenters. The van der Waals surface area contributed by atoms with Crippen LogP contribution in [0.1, 0.15) is 19.3 Å². The van der Waals surface area contributed by atoms with E-state index in [-0.39, 0.29) is 0 Å². The average Bonchev–Trinajstić information content (AvgIpc) is 2.63. The second-order valence-electron chi connectivity index (χ2n) is 3.73. The molecule has 0 spiro atoms. The summed E-state index contributed by atoms with van der Waals surface area (Å²) in [6, 6.07) is 1.82. The second-order valence-corrected chi connectivity index (χ2v) is 4.35. The molecule has 14 heavy (non-hydrogen) atoms. The molecule has 4 heteroatoms. The highest BCUT2D eigenvalue weighted by atomic mass is 35.5. The second kappa shape index (κ2) is 4.60. The van der Waals surface area contributed by atoms with E-state index >= 15 is 0 Å². The lowest BCUT2D eigenvalue weighted by Gasteiger charge is -2.09. The van der Waals surface area contributed by atoms with Crippen LogP contribution >= 0.6 is 11.6 Å². The SMILES string of the molecule is ClC1CCC(CNc2ncccn2)C1. The van der Waals surface area contributed by atoms with Gasteiger partial charge in [0.15, 0.2) is 0 Å². The van der Waals surface area contributed by atoms with Crippen LogP contribution in [0.15, 0.2) is 18.5 Å². The minimum atomic E-state index is 0.374. The summed E-state index contributed by atoms with van der Waals surface area (Å²) in [4.78, 5) is 8.21. The highest BCUT2D eigenvalue weighted by Gasteiger charge is 2.22. The Kier molecular flexibility index (Phi) is 3.19. The van der Waals surface area contributed by atoms with E-state index in [1.807, 2.05) is 6.07 Å². The first-order valence-electron chi connectivity index (χ1n) is 4.99. The lowest BCUT2D eigenvalue weighted by molar-refractivity contribution is 0.578. The molecule has 76 valence electrons. The first kappa shape index (κ1) is 9.71. The standard InChI is InChI=1S/C10H14ClN3/c11-9-3-2-8(6-9)7-14-10-12-4-1-5-13-10/h1,4-5,8-9H,2-3,6-7H2,(H,12,13,14). The fraction of sp³-hybridized carbons (Fsp3) is 0.600. The van der Waals surface area contributed by atoms with Gasteiger partial charge in [-0.15, -0.1) is 11.6 Å². The zero-order valence-electron chi connectivity index (χ0n) is 7.99. The van der Waals surface area contributed by atoms with Crippen molar-refractivity contribution in [1.29, 1.82) is 0 Å². The fourth-order valence-corrected chi connectivity index (χ4v) is 2.20. The molecule has 0 aromatic carbocycles. The molecule has 1 aromatic rings. The third-order valence-electron chi connectivity index (χ3n) is 2.59. The van der Waals surface area contributed by atoms with Gasteiger partial charge in [0.1, 0.15) is 0 Å². The monoisotopic (exact) mass is 211 g/mol. The normalized spacial score (nSPS) is 26.4. The van der Waals surface area contributed by atoms with Crippen LogP contribution < -0.4 is 5.32 Å². The number of nitrogens with zero attached hydrogens (tertiary/aromatic N) is 2. The van der Waals surface area contributed by atoms with Gasteiger partial charge in [-0.2, -0.15) is 0 Å². The van der Waals surface area contributed by atoms with Gasteiger partial charge in [-0.25, -0.2) is 9.97 Å². The van der Waals surface area contributed by atoms with Crippen molar-refractivity contribution in [2.75, 3.05) is 11.9 Å². The Labute approximate surface area is 88.9 Å². The summed E-state index contributed by atoms with van der Waals surface area (Å²) >= 11 is 6.03. The molecule has 1 aliphatic carbocycles. The van der Waals surface area contributed by atoms with Crippen molar-refractivity contribution in [2.24, 2.45) is 5.92 Å². The number of anilines is 1. The summed E-state index contributed by atoms with van der Waals surface area (Å²) in [5.41, 5.74) is 0. The van der Waals surface area contributed by atoms with E-state index in [0.717, 1.165) is 19.4 Å². The van der Waals surface area contributed by atoms with Crippen molar-refractivity contribution in [2.45, 2.75) is 24.6 Å². The minimum Gasteiger partial charge on any atom is -0.354 e. The molecule has 1 fully saturated rings. The van der Waals surface area contributed by atoms with Crippen LogP contribution in [0.4, 0.5) is 5.95 Å². The van der Waals surface area contributed by atoms with Crippen molar-refractivity contribution in [3.05, 3.63) is 18.5 Å². The Morgan fingerprint density at radius 2 is 2.14 bits per heavy atom. The van der Waals surface area contributed by atoms with Crippen LogP contribution in [0.2, 0.25) is 0 Å². The average molecular weight is 212 g/mol. The predicted octanol–water partition coefficient (Wildman–Crippen LogP) is 2.30. The maximum atomic E-state index is 6.03. The van der Waals surface area contributed by atoms with E-state index in [4.69, 9.17) is 11.6 Å². The van der Waals surface area contributed by atoms with Crippen molar-refractivity contribution < 1.29 is 0 Å². The molecule has 1 heterocycles. The van der Waals surface area contributed by atoms with E-state index < -0.39 is 0 Å². The summed E-state index contributed by atoms with van der Waals surface area (Å²) < 4.78 is 0. The molecule has 0 amide bonds. The maximum Gasteiger partial charge on any atom is 0.222 e. The summed E-state index contributed by atoms with van der Waals surface area (Å²) in [6.45, 7) is 0.938. The molecule has 1 aliphatic rings. The fourth-order valence-electron chi connectivity index (χ4n) is 1.83. The Hall–Kier alpha value is -0.830. The van der Waals surface area contributed by atoms with E-state index in [2.05, 4.69) is 15.3 Å². The number of hydrogen-bond acceptors (Lipinski definition) is 3. The highest BCUT2D eigenvalue weighted by Crippen LogP contribution is 2.29. The first-order valence-corrected chi connectivity index (χ1v) is 5.43. The predicted molar refractivity (Wildman–Crippen MR) is 57.5 cm³/mol. The third-order valence-corrected chi connectivity index (χ3v) is 2.99. The number of alkyl halides is 1. The van der Waals surface area contributed by atoms with Gasteiger partial charge in [0, 0.05) is 24.3 Å². The minimum absolute atomic E-state index is 0.374. The maximum absolute atomic E-state index is 6.03. The Balaban J connectivity index is 1.78. The van der Waals surface area contributed by atoms with Crippen molar-refractivity contribution >= 4 is 17.5 Å². The Morgan fingerprint density at radius 1 is 1.36 bits per heavy atom. The van der Waals surface area contributed by atoms with Gasteiger partial charge in [-0.3, -0.25) is 0 Å². The van der Waals surface area contributed by atoms with Crippen LogP contribution in [0.3, 0.4) is 0 Å². The molecular formula is C10H14ClN3. The summed E-state index contributed by atoms with van der Waals surface area (Å²) in [5.74, 6) is 1.40. The quantitative estimate of drug-likeness (QED) is 0.780. The molecule has 1 saturated carbocycles. The Bertz CT molecular complexity index is 278. The number of aromatic nitrogens is 2. The molecule has 2 rings (SSSR count). The van der Waals surface area contributed by atoms with Gasteiger partial charge in [0.25, 0.3) is 0 Å². The van der Waals surface area contributed by atoms with Crippen molar-refractivity contribution in [3.63, 3.8) is 0 Å². The van der Waals surface area contributed by atoms with Gasteiger partial charge in [-0.1, -0.05) is 0 Å². The smallest absolute Gasteiger partial charge is 0.222 e.